The van der Waals surface area contributed by atoms with Gasteiger partial charge < -0.3 is 14.8 Å². The van der Waals surface area contributed by atoms with Crippen LogP contribution in [0.2, 0.25) is 0 Å². The van der Waals surface area contributed by atoms with Crippen molar-refractivity contribution >= 4 is 16.9 Å². The first-order valence-corrected chi connectivity index (χ1v) is 5.13. The van der Waals surface area contributed by atoms with E-state index >= 15 is 0 Å². The largest absolute Gasteiger partial charge is 0.478 e. The number of carbonyl (C=O) groups is 1. The van der Waals surface area contributed by atoms with Gasteiger partial charge in [0, 0.05) is 17.8 Å². The average Bonchev–Trinajstić information content (AvgIpc) is 2.65. The molecule has 4 heteroatoms. The molecule has 0 bridgehead atoms. The zero-order valence-corrected chi connectivity index (χ0v) is 8.97. The topological polar surface area (TPSA) is 62.5 Å². The summed E-state index contributed by atoms with van der Waals surface area (Å²) in [5.74, 6) is -0.934. The number of hydrogen-bond acceptors (Lipinski definition) is 2. The number of fused-ring (bicyclic) bond motifs is 1. The zero-order valence-electron chi connectivity index (χ0n) is 8.97. The number of carboxylic acids is 1. The van der Waals surface area contributed by atoms with Crippen LogP contribution in [-0.2, 0) is 13.2 Å². The summed E-state index contributed by atoms with van der Waals surface area (Å²) in [5, 5.41) is 19.1. The van der Waals surface area contributed by atoms with Crippen LogP contribution in [-0.4, -0.2) is 20.7 Å². The summed E-state index contributed by atoms with van der Waals surface area (Å²) in [6, 6.07) is 6.86. The van der Waals surface area contributed by atoms with E-state index < -0.39 is 5.97 Å². The highest BCUT2D eigenvalue weighted by Crippen LogP contribution is 2.21. The lowest BCUT2D eigenvalue weighted by molar-refractivity contribution is 0.0697. The number of aromatic nitrogens is 1. The quantitative estimate of drug-likeness (QED) is 0.828. The predicted octanol–water partition coefficient (Wildman–Crippen LogP) is 1.85. The number of aromatic carboxylic acids is 1. The highest BCUT2D eigenvalue weighted by Gasteiger charge is 2.09. The van der Waals surface area contributed by atoms with Crippen LogP contribution in [0.25, 0.3) is 10.9 Å². The third-order valence-corrected chi connectivity index (χ3v) is 2.72. The molecular formula is C12H13NO3. The minimum Gasteiger partial charge on any atom is -0.478 e. The Labute approximate surface area is 92.7 Å². The average molecular weight is 219 g/mol. The lowest BCUT2D eigenvalue weighted by atomic mass is 10.1. The molecule has 2 aromatic rings. The number of hydrogen-bond donors (Lipinski definition) is 2. The molecule has 2 N–H and O–H groups in total. The van der Waals surface area contributed by atoms with Crippen molar-refractivity contribution in [2.45, 2.75) is 20.1 Å². The highest BCUT2D eigenvalue weighted by molar-refractivity contribution is 5.93. The molecule has 1 aromatic carbocycles. The van der Waals surface area contributed by atoms with Crippen molar-refractivity contribution < 1.29 is 15.0 Å². The van der Waals surface area contributed by atoms with E-state index in [1.54, 1.807) is 18.2 Å². The van der Waals surface area contributed by atoms with Gasteiger partial charge in [0.05, 0.1) is 12.2 Å². The van der Waals surface area contributed by atoms with Gasteiger partial charge in [-0.1, -0.05) is 6.07 Å². The van der Waals surface area contributed by atoms with Crippen LogP contribution >= 0.6 is 0 Å². The fraction of sp³-hybridized carbons (Fsp3) is 0.250. The van der Waals surface area contributed by atoms with E-state index in [1.165, 1.54) is 0 Å². The van der Waals surface area contributed by atoms with Gasteiger partial charge in [-0.3, -0.25) is 0 Å². The van der Waals surface area contributed by atoms with E-state index in [4.69, 9.17) is 5.11 Å². The molecule has 0 radical (unpaired) electrons. The lowest BCUT2D eigenvalue weighted by Gasteiger charge is -2.05. The number of aryl methyl sites for hydroxylation is 1. The number of aliphatic hydroxyl groups excluding tert-OH is 1. The van der Waals surface area contributed by atoms with Crippen LogP contribution in [0.5, 0.6) is 0 Å². The summed E-state index contributed by atoms with van der Waals surface area (Å²) in [6.07, 6.45) is 0. The number of carboxylic acid groups (broad SMARTS) is 1. The Morgan fingerprint density at radius 2 is 2.12 bits per heavy atom. The smallest absolute Gasteiger partial charge is 0.335 e. The molecule has 1 heterocycles. The minimum atomic E-state index is -0.934. The van der Waals surface area contributed by atoms with Gasteiger partial charge in [0.25, 0.3) is 0 Å². The Bertz CT molecular complexity index is 542. The maximum atomic E-state index is 10.9. The van der Waals surface area contributed by atoms with Gasteiger partial charge in [-0.05, 0) is 30.5 Å². The first kappa shape index (κ1) is 10.7. The molecule has 0 atom stereocenters. The Balaban J connectivity index is 2.70. The lowest BCUT2D eigenvalue weighted by Crippen LogP contribution is -2.01. The van der Waals surface area contributed by atoms with Crippen molar-refractivity contribution in [2.24, 2.45) is 0 Å². The van der Waals surface area contributed by atoms with E-state index in [1.807, 2.05) is 17.6 Å². The zero-order chi connectivity index (χ0) is 11.7. The second kappa shape index (κ2) is 3.98. The fourth-order valence-corrected chi connectivity index (χ4v) is 1.95. The van der Waals surface area contributed by atoms with Gasteiger partial charge in [0.15, 0.2) is 0 Å². The van der Waals surface area contributed by atoms with E-state index in [9.17, 15) is 9.90 Å². The molecule has 0 fully saturated rings. The Morgan fingerprint density at radius 1 is 1.38 bits per heavy atom. The molecular weight excluding hydrogens is 206 g/mol. The molecule has 0 spiro atoms. The molecule has 1 aromatic heterocycles. The summed E-state index contributed by atoms with van der Waals surface area (Å²) in [6.45, 7) is 2.64. The van der Waals surface area contributed by atoms with Crippen LogP contribution < -0.4 is 0 Å². The molecule has 0 saturated carbocycles. The van der Waals surface area contributed by atoms with Gasteiger partial charge in [0.1, 0.15) is 0 Å². The number of benzene rings is 1. The van der Waals surface area contributed by atoms with E-state index in [2.05, 4.69) is 0 Å². The van der Waals surface area contributed by atoms with E-state index in [0.29, 0.717) is 6.54 Å². The second-order valence-electron chi connectivity index (χ2n) is 3.62. The Hall–Kier alpha value is -1.81. The van der Waals surface area contributed by atoms with Gasteiger partial charge in [-0.2, -0.15) is 0 Å². The molecule has 4 nitrogen and oxygen atoms in total. The predicted molar refractivity (Wildman–Crippen MR) is 60.5 cm³/mol. The SMILES string of the molecule is CCn1c(CO)cc2ccc(C(=O)O)cc21. The van der Waals surface area contributed by atoms with Crippen molar-refractivity contribution in [1.29, 1.82) is 0 Å². The number of nitrogens with zero attached hydrogens (tertiary/aromatic N) is 1. The first-order chi connectivity index (χ1) is 7.67. The third kappa shape index (κ3) is 1.57. The summed E-state index contributed by atoms with van der Waals surface area (Å²) in [7, 11) is 0. The molecule has 84 valence electrons. The van der Waals surface area contributed by atoms with Gasteiger partial charge in [-0.25, -0.2) is 4.79 Å². The van der Waals surface area contributed by atoms with Crippen LogP contribution in [0.15, 0.2) is 24.3 Å². The summed E-state index contributed by atoms with van der Waals surface area (Å²) in [5.41, 5.74) is 1.93. The second-order valence-corrected chi connectivity index (χ2v) is 3.62. The van der Waals surface area contributed by atoms with Gasteiger partial charge >= 0.3 is 5.97 Å². The molecule has 0 aliphatic rings. The van der Waals surface area contributed by atoms with Crippen molar-refractivity contribution in [1.82, 2.24) is 4.57 Å². The molecule has 0 unspecified atom stereocenters. The molecule has 0 aliphatic heterocycles. The summed E-state index contributed by atoms with van der Waals surface area (Å²) >= 11 is 0. The van der Waals surface area contributed by atoms with Crippen molar-refractivity contribution in [3.63, 3.8) is 0 Å². The third-order valence-electron chi connectivity index (χ3n) is 2.72. The van der Waals surface area contributed by atoms with Crippen LogP contribution in [0, 0.1) is 0 Å². The van der Waals surface area contributed by atoms with Gasteiger partial charge in [-0.15, -0.1) is 0 Å². The molecule has 0 saturated heterocycles. The van der Waals surface area contributed by atoms with E-state index in [0.717, 1.165) is 16.6 Å². The van der Waals surface area contributed by atoms with Crippen molar-refractivity contribution in [2.75, 3.05) is 0 Å². The van der Waals surface area contributed by atoms with Crippen LogP contribution in [0.1, 0.15) is 23.0 Å². The van der Waals surface area contributed by atoms with Crippen molar-refractivity contribution in [3.8, 4) is 0 Å². The standard InChI is InChI=1S/C12H13NO3/c1-2-13-10(7-14)5-8-3-4-9(12(15)16)6-11(8)13/h3-6,14H,2,7H2,1H3,(H,15,16). The summed E-state index contributed by atoms with van der Waals surface area (Å²) < 4.78 is 1.92. The number of aliphatic hydroxyl groups is 1. The molecule has 0 amide bonds. The van der Waals surface area contributed by atoms with Crippen LogP contribution in [0.4, 0.5) is 0 Å². The van der Waals surface area contributed by atoms with E-state index in [-0.39, 0.29) is 12.2 Å². The van der Waals surface area contributed by atoms with Crippen molar-refractivity contribution in [3.05, 3.63) is 35.5 Å². The maximum absolute atomic E-state index is 10.9. The summed E-state index contributed by atoms with van der Waals surface area (Å²) in [4.78, 5) is 10.9. The van der Waals surface area contributed by atoms with Crippen LogP contribution in [0.3, 0.4) is 0 Å². The minimum absolute atomic E-state index is 0.0368. The first-order valence-electron chi connectivity index (χ1n) is 5.13. The Morgan fingerprint density at radius 3 is 2.69 bits per heavy atom. The molecule has 2 rings (SSSR count). The Kier molecular flexibility index (Phi) is 2.66. The fourth-order valence-electron chi connectivity index (χ4n) is 1.95. The molecule has 0 aliphatic carbocycles. The highest BCUT2D eigenvalue weighted by atomic mass is 16.4. The normalized spacial score (nSPS) is 10.9. The number of rotatable bonds is 3. The maximum Gasteiger partial charge on any atom is 0.335 e. The van der Waals surface area contributed by atoms with Gasteiger partial charge in [0.2, 0.25) is 0 Å². The molecule has 16 heavy (non-hydrogen) atoms. The monoisotopic (exact) mass is 219 g/mol.